The number of halogens is 2. The van der Waals surface area contributed by atoms with Gasteiger partial charge in [0.2, 0.25) is 0 Å². The highest BCUT2D eigenvalue weighted by molar-refractivity contribution is 14.1. The van der Waals surface area contributed by atoms with E-state index in [2.05, 4.69) is 27.9 Å². The highest BCUT2D eigenvalue weighted by Gasteiger charge is 2.11. The number of nitrogens with one attached hydrogen (secondary N) is 1. The Bertz CT molecular complexity index is 640. The topological polar surface area (TPSA) is 29.1 Å². The van der Waals surface area contributed by atoms with E-state index in [-0.39, 0.29) is 5.91 Å². The molecule has 0 fully saturated rings. The molecule has 0 aliphatic rings. The summed E-state index contributed by atoms with van der Waals surface area (Å²) in [5.41, 5.74) is 3.55. The van der Waals surface area contributed by atoms with Gasteiger partial charge in [-0.15, -0.1) is 0 Å². The third kappa shape index (κ3) is 3.48. The van der Waals surface area contributed by atoms with Gasteiger partial charge in [-0.25, -0.2) is 0 Å². The van der Waals surface area contributed by atoms with Crippen molar-refractivity contribution in [3.63, 3.8) is 0 Å². The Hall–Kier alpha value is -1.07. The van der Waals surface area contributed by atoms with Crippen LogP contribution in [0.25, 0.3) is 0 Å². The van der Waals surface area contributed by atoms with Gasteiger partial charge in [-0.3, -0.25) is 4.79 Å². The molecule has 0 saturated heterocycles. The number of carbonyl (C=O) groups excluding carboxylic acids is 1. The highest BCUT2D eigenvalue weighted by Crippen LogP contribution is 2.21. The summed E-state index contributed by atoms with van der Waals surface area (Å²) in [5.74, 6) is -0.102. The van der Waals surface area contributed by atoms with Gasteiger partial charge in [0.15, 0.2) is 0 Å². The summed E-state index contributed by atoms with van der Waals surface area (Å²) >= 11 is 8.08. The van der Waals surface area contributed by atoms with Crippen LogP contribution in [0, 0.1) is 17.4 Å². The van der Waals surface area contributed by atoms with Crippen LogP contribution in [0.4, 0.5) is 5.69 Å². The van der Waals surface area contributed by atoms with Crippen molar-refractivity contribution in [3.8, 4) is 0 Å². The summed E-state index contributed by atoms with van der Waals surface area (Å²) < 4.78 is 0.946. The van der Waals surface area contributed by atoms with E-state index in [9.17, 15) is 4.79 Å². The summed E-state index contributed by atoms with van der Waals surface area (Å²) in [6.07, 6.45) is 0. The molecule has 0 aliphatic carbocycles. The van der Waals surface area contributed by atoms with E-state index in [0.29, 0.717) is 10.6 Å². The second-order valence-corrected chi connectivity index (χ2v) is 6.00. The Morgan fingerprint density at radius 3 is 2.53 bits per heavy atom. The number of rotatable bonds is 2. The van der Waals surface area contributed by atoms with Crippen LogP contribution in [0.5, 0.6) is 0 Å². The highest BCUT2D eigenvalue weighted by atomic mass is 127. The first-order valence-electron chi connectivity index (χ1n) is 5.81. The molecule has 0 saturated carbocycles. The average molecular weight is 386 g/mol. The van der Waals surface area contributed by atoms with Crippen LogP contribution in [0.2, 0.25) is 5.02 Å². The fraction of sp³-hybridized carbons (Fsp3) is 0.133. The van der Waals surface area contributed by atoms with Crippen LogP contribution in [0.1, 0.15) is 21.5 Å². The molecule has 2 nitrogen and oxygen atoms in total. The number of hydrogen-bond donors (Lipinski definition) is 1. The molecule has 4 heteroatoms. The van der Waals surface area contributed by atoms with Crippen LogP contribution in [-0.2, 0) is 0 Å². The van der Waals surface area contributed by atoms with Gasteiger partial charge >= 0.3 is 0 Å². The van der Waals surface area contributed by atoms with Crippen molar-refractivity contribution in [2.75, 3.05) is 5.32 Å². The molecule has 2 aromatic rings. The molecule has 2 rings (SSSR count). The van der Waals surface area contributed by atoms with Crippen molar-refractivity contribution in [1.82, 2.24) is 0 Å². The number of amides is 1. The van der Waals surface area contributed by atoms with Gasteiger partial charge in [-0.2, -0.15) is 0 Å². The van der Waals surface area contributed by atoms with Gasteiger partial charge in [0.25, 0.3) is 5.91 Å². The molecular formula is C15H13ClINO. The van der Waals surface area contributed by atoms with Crippen molar-refractivity contribution in [3.05, 3.63) is 61.7 Å². The molecule has 0 aromatic heterocycles. The summed E-state index contributed by atoms with van der Waals surface area (Å²) in [4.78, 5) is 12.2. The summed E-state index contributed by atoms with van der Waals surface area (Å²) in [6, 6.07) is 11.2. The first-order valence-corrected chi connectivity index (χ1v) is 7.26. The molecule has 0 atom stereocenters. The lowest BCUT2D eigenvalue weighted by molar-refractivity contribution is 0.102. The fourth-order valence-electron chi connectivity index (χ4n) is 1.76. The molecule has 1 N–H and O–H groups in total. The maximum absolute atomic E-state index is 12.2. The third-order valence-corrected chi connectivity index (χ3v) is 3.93. The van der Waals surface area contributed by atoms with Crippen molar-refractivity contribution in [2.24, 2.45) is 0 Å². The van der Waals surface area contributed by atoms with Crippen LogP contribution in [0.3, 0.4) is 0 Å². The predicted molar refractivity (Wildman–Crippen MR) is 88.0 cm³/mol. The molecule has 98 valence electrons. The molecule has 0 radical (unpaired) electrons. The van der Waals surface area contributed by atoms with Gasteiger partial charge in [0, 0.05) is 14.3 Å². The van der Waals surface area contributed by atoms with E-state index in [1.54, 1.807) is 6.07 Å². The smallest absolute Gasteiger partial charge is 0.256 e. The largest absolute Gasteiger partial charge is 0.322 e. The number of aryl methyl sites for hydroxylation is 2. The van der Waals surface area contributed by atoms with Crippen LogP contribution < -0.4 is 5.32 Å². The summed E-state index contributed by atoms with van der Waals surface area (Å²) in [6.45, 7) is 3.93. The van der Waals surface area contributed by atoms with E-state index in [1.807, 2.05) is 44.2 Å². The molecular weight excluding hydrogens is 373 g/mol. The molecule has 0 heterocycles. The van der Waals surface area contributed by atoms with Crippen LogP contribution in [-0.4, -0.2) is 5.91 Å². The van der Waals surface area contributed by atoms with Gasteiger partial charge in [0.1, 0.15) is 0 Å². The Morgan fingerprint density at radius 2 is 1.89 bits per heavy atom. The number of carbonyl (C=O) groups is 1. The number of benzene rings is 2. The van der Waals surface area contributed by atoms with Gasteiger partial charge in [0.05, 0.1) is 5.56 Å². The lowest BCUT2D eigenvalue weighted by Crippen LogP contribution is -2.14. The Morgan fingerprint density at radius 1 is 1.16 bits per heavy atom. The fourth-order valence-corrected chi connectivity index (χ4v) is 2.90. The maximum Gasteiger partial charge on any atom is 0.256 e. The lowest BCUT2D eigenvalue weighted by Gasteiger charge is -2.10. The number of anilines is 1. The SMILES string of the molecule is Cc1ccc(C(=O)Nc2ccc(Cl)cc2C)c(I)c1. The van der Waals surface area contributed by atoms with E-state index >= 15 is 0 Å². The molecule has 0 aliphatic heterocycles. The zero-order valence-corrected chi connectivity index (χ0v) is 13.5. The normalized spacial score (nSPS) is 10.3. The minimum atomic E-state index is -0.102. The Kier molecular flexibility index (Phi) is 4.47. The Labute approximate surface area is 131 Å². The van der Waals surface area contributed by atoms with E-state index < -0.39 is 0 Å². The number of hydrogen-bond acceptors (Lipinski definition) is 1. The average Bonchev–Trinajstić information content (AvgIpc) is 2.32. The second kappa shape index (κ2) is 5.92. The van der Waals surface area contributed by atoms with Crippen molar-refractivity contribution < 1.29 is 4.79 Å². The molecule has 0 bridgehead atoms. The van der Waals surface area contributed by atoms with E-state index in [4.69, 9.17) is 11.6 Å². The van der Waals surface area contributed by atoms with Crippen molar-refractivity contribution in [1.29, 1.82) is 0 Å². The first kappa shape index (κ1) is 14.3. The van der Waals surface area contributed by atoms with E-state index in [1.165, 1.54) is 0 Å². The molecule has 0 unspecified atom stereocenters. The van der Waals surface area contributed by atoms with E-state index in [0.717, 1.165) is 20.4 Å². The molecule has 19 heavy (non-hydrogen) atoms. The van der Waals surface area contributed by atoms with Gasteiger partial charge in [-0.1, -0.05) is 23.2 Å². The zero-order valence-electron chi connectivity index (χ0n) is 10.6. The van der Waals surface area contributed by atoms with Crippen molar-refractivity contribution in [2.45, 2.75) is 13.8 Å². The predicted octanol–water partition coefficient (Wildman–Crippen LogP) is 4.81. The monoisotopic (exact) mass is 385 g/mol. The Balaban J connectivity index is 2.25. The quantitative estimate of drug-likeness (QED) is 0.738. The van der Waals surface area contributed by atoms with Crippen molar-refractivity contribution >= 4 is 45.8 Å². The van der Waals surface area contributed by atoms with Gasteiger partial charge in [-0.05, 0) is 72.3 Å². The first-order chi connectivity index (χ1) is 8.97. The van der Waals surface area contributed by atoms with Crippen LogP contribution >= 0.6 is 34.2 Å². The third-order valence-electron chi connectivity index (χ3n) is 2.81. The maximum atomic E-state index is 12.2. The standard InChI is InChI=1S/C15H13ClINO/c1-9-3-5-12(13(17)7-9)15(19)18-14-6-4-11(16)8-10(14)2/h3-8H,1-2H3,(H,18,19). The minimum absolute atomic E-state index is 0.102. The lowest BCUT2D eigenvalue weighted by atomic mass is 10.1. The molecule has 0 spiro atoms. The molecule has 2 aromatic carbocycles. The van der Waals surface area contributed by atoms with Crippen LogP contribution in [0.15, 0.2) is 36.4 Å². The zero-order chi connectivity index (χ0) is 14.0. The summed E-state index contributed by atoms with van der Waals surface area (Å²) in [7, 11) is 0. The second-order valence-electron chi connectivity index (χ2n) is 4.40. The summed E-state index contributed by atoms with van der Waals surface area (Å²) in [5, 5.41) is 3.58. The minimum Gasteiger partial charge on any atom is -0.322 e. The molecule has 1 amide bonds. The van der Waals surface area contributed by atoms with Gasteiger partial charge < -0.3 is 5.32 Å².